The Morgan fingerprint density at radius 1 is 1.23 bits per heavy atom. The van der Waals surface area contributed by atoms with E-state index >= 15 is 0 Å². The van der Waals surface area contributed by atoms with E-state index < -0.39 is 16.0 Å². The average Bonchev–Trinajstić information content (AvgIpc) is 3.09. The van der Waals surface area contributed by atoms with Crippen molar-refractivity contribution in [2.24, 2.45) is 22.9 Å². The normalized spacial score (nSPS) is 30.5. The zero-order valence-corrected chi connectivity index (χ0v) is 26.1. The van der Waals surface area contributed by atoms with Crippen molar-refractivity contribution in [1.29, 1.82) is 0 Å². The first-order valence-electron chi connectivity index (χ1n) is 15.3. The zero-order chi connectivity index (χ0) is 30.4. The number of carboxylic acid groups (broad SMARTS) is 1. The lowest BCUT2D eigenvalue weighted by Gasteiger charge is -2.48. The third-order valence-corrected chi connectivity index (χ3v) is 11.0. The van der Waals surface area contributed by atoms with Crippen LogP contribution in [0.25, 0.3) is 0 Å². The summed E-state index contributed by atoms with van der Waals surface area (Å²) < 4.78 is 41.6. The molecule has 3 N–H and O–H groups in total. The molecule has 0 aromatic heterocycles. The monoisotopic (exact) mass is 632 g/mol. The van der Waals surface area contributed by atoms with E-state index in [1.54, 1.807) is 18.2 Å². The van der Waals surface area contributed by atoms with Crippen LogP contribution >= 0.6 is 11.6 Å². The molecule has 234 valence electrons. The predicted octanol–water partition coefficient (Wildman–Crippen LogP) is 4.64. The molecule has 2 aliphatic carbocycles. The van der Waals surface area contributed by atoms with E-state index in [0.717, 1.165) is 55.9 Å². The minimum absolute atomic E-state index is 0.0222. The molecular weight excluding hydrogens is 592 g/mol. The minimum atomic E-state index is -3.57. The maximum Gasteiger partial charge on any atom is 0.335 e. The highest BCUT2D eigenvalue weighted by molar-refractivity contribution is 7.89. The quantitative estimate of drug-likeness (QED) is 0.431. The maximum absolute atomic E-state index is 12.0. The number of halogens is 1. The Hall–Kier alpha value is -2.37. The smallest absolute Gasteiger partial charge is 0.335 e. The van der Waals surface area contributed by atoms with E-state index in [2.05, 4.69) is 24.0 Å². The summed E-state index contributed by atoms with van der Waals surface area (Å²) in [5, 5.41) is 15.7. The van der Waals surface area contributed by atoms with Crippen molar-refractivity contribution in [2.45, 2.75) is 63.1 Å². The summed E-state index contributed by atoms with van der Waals surface area (Å²) in [6, 6.07) is 11.4. The number of anilines is 1. The molecule has 0 amide bonds. The van der Waals surface area contributed by atoms with Gasteiger partial charge >= 0.3 is 5.97 Å². The second-order valence-electron chi connectivity index (χ2n) is 13.0. The molecule has 4 aliphatic rings. The molecule has 2 fully saturated rings. The molecule has 1 unspecified atom stereocenters. The van der Waals surface area contributed by atoms with Crippen LogP contribution in [0.3, 0.4) is 0 Å². The van der Waals surface area contributed by atoms with Crippen LogP contribution in [0, 0.1) is 17.8 Å². The van der Waals surface area contributed by atoms with E-state index in [1.165, 1.54) is 11.1 Å². The number of rotatable bonds is 8. The second-order valence-corrected chi connectivity index (χ2v) is 15.1. The van der Waals surface area contributed by atoms with Crippen LogP contribution < -0.4 is 14.8 Å². The molecule has 6 rings (SSSR count). The topological polar surface area (TPSA) is 128 Å². The van der Waals surface area contributed by atoms with Crippen molar-refractivity contribution in [3.8, 4) is 5.75 Å². The summed E-state index contributed by atoms with van der Waals surface area (Å²) in [6.07, 6.45) is 5.76. The van der Waals surface area contributed by atoms with Crippen molar-refractivity contribution < 1.29 is 32.5 Å². The van der Waals surface area contributed by atoms with Crippen molar-refractivity contribution in [3.63, 3.8) is 0 Å². The number of benzene rings is 2. The Morgan fingerprint density at radius 3 is 2.81 bits per heavy atom. The number of nitrogens with two attached hydrogens (primary N) is 1. The van der Waals surface area contributed by atoms with Gasteiger partial charge in [0, 0.05) is 35.9 Å². The fourth-order valence-electron chi connectivity index (χ4n) is 7.60. The van der Waals surface area contributed by atoms with Gasteiger partial charge < -0.3 is 24.2 Å². The molecule has 11 heteroatoms. The summed E-state index contributed by atoms with van der Waals surface area (Å²) >= 11 is 6.39. The Balaban J connectivity index is 1.24. The van der Waals surface area contributed by atoms with Crippen molar-refractivity contribution in [2.75, 3.05) is 43.6 Å². The summed E-state index contributed by atoms with van der Waals surface area (Å²) in [6.45, 7) is 4.73. The lowest BCUT2D eigenvalue weighted by atomic mass is 9.67. The molecule has 0 radical (unpaired) electrons. The van der Waals surface area contributed by atoms with Gasteiger partial charge in [0.2, 0.25) is 10.0 Å². The van der Waals surface area contributed by atoms with Gasteiger partial charge in [-0.3, -0.25) is 0 Å². The molecule has 6 atom stereocenters. The molecule has 1 saturated heterocycles. The number of aryl methyl sites for hydroxylation is 1. The number of carboxylic acids is 1. The number of carbonyl (C=O) groups is 1. The summed E-state index contributed by atoms with van der Waals surface area (Å²) in [4.78, 5) is 14.3. The third-order valence-electron chi connectivity index (χ3n) is 10.1. The van der Waals surface area contributed by atoms with Gasteiger partial charge in [-0.1, -0.05) is 24.6 Å². The average molecular weight is 633 g/mol. The molecule has 9 nitrogen and oxygen atoms in total. The molecule has 2 aromatic rings. The SMILES string of the molecule is CC1CO[C@H]([C@@H]2CC[C@H]2CN2C[C@@]3(CCCc4cc(Cl)ccc43)COc3ccc(C(=O)O)cc32)C[C@H]1OCCS(N)(=O)=O. The minimum Gasteiger partial charge on any atom is -0.490 e. The fraction of sp³-hybridized carbons (Fsp3) is 0.594. The van der Waals surface area contributed by atoms with E-state index in [1.807, 2.05) is 6.07 Å². The number of ether oxygens (including phenoxy) is 3. The number of primary sulfonamides is 1. The third kappa shape index (κ3) is 6.54. The fourth-order valence-corrected chi connectivity index (χ4v) is 8.12. The van der Waals surface area contributed by atoms with Crippen LogP contribution in [0.1, 0.15) is 60.5 Å². The van der Waals surface area contributed by atoms with Crippen molar-refractivity contribution in [3.05, 3.63) is 58.1 Å². The van der Waals surface area contributed by atoms with Crippen LogP contribution in [-0.2, 0) is 31.3 Å². The predicted molar refractivity (Wildman–Crippen MR) is 165 cm³/mol. The summed E-state index contributed by atoms with van der Waals surface area (Å²) in [5.41, 5.74) is 3.37. The first-order valence-corrected chi connectivity index (χ1v) is 17.4. The highest BCUT2D eigenvalue weighted by Gasteiger charge is 2.46. The highest BCUT2D eigenvalue weighted by atomic mass is 35.5. The standard InChI is InChI=1S/C32H41ClN2O7S/c1-20-17-41-30(15-29(20)40-11-12-43(34,38)39)25-7-4-23(25)16-35-18-32(10-2-3-21-13-24(33)6-8-26(21)32)19-42-28-9-5-22(31(36)37)14-27(28)35/h5-6,8-9,13-14,20,23,25,29-30H,2-4,7,10-12,15-19H2,1H3,(H,36,37)(H2,34,38,39)/t20?,23-,25+,29+,30-,32-/m0/s1. The van der Waals surface area contributed by atoms with Crippen LogP contribution in [-0.4, -0.2) is 70.4 Å². The number of fused-ring (bicyclic) bond motifs is 3. The van der Waals surface area contributed by atoms with Crippen molar-refractivity contribution in [1.82, 2.24) is 0 Å². The van der Waals surface area contributed by atoms with Gasteiger partial charge in [-0.25, -0.2) is 18.4 Å². The van der Waals surface area contributed by atoms with Crippen LogP contribution in [0.15, 0.2) is 36.4 Å². The molecule has 1 saturated carbocycles. The highest BCUT2D eigenvalue weighted by Crippen LogP contribution is 2.47. The second kappa shape index (κ2) is 12.2. The van der Waals surface area contributed by atoms with Gasteiger partial charge in [-0.2, -0.15) is 0 Å². The number of hydrogen-bond donors (Lipinski definition) is 2. The number of nitrogens with zero attached hydrogens (tertiary/aromatic N) is 1. The molecule has 2 aromatic carbocycles. The van der Waals surface area contributed by atoms with Crippen LogP contribution in [0.5, 0.6) is 5.75 Å². The van der Waals surface area contributed by atoms with Crippen LogP contribution in [0.2, 0.25) is 5.02 Å². The van der Waals surface area contributed by atoms with Crippen molar-refractivity contribution >= 4 is 33.3 Å². The van der Waals surface area contributed by atoms with E-state index in [0.29, 0.717) is 37.2 Å². The van der Waals surface area contributed by atoms with Gasteiger partial charge in [-0.15, -0.1) is 0 Å². The molecule has 1 spiro atoms. The Labute approximate surface area is 258 Å². The van der Waals surface area contributed by atoms with Gasteiger partial charge in [0.1, 0.15) is 5.75 Å². The largest absolute Gasteiger partial charge is 0.490 e. The Kier molecular flexibility index (Phi) is 8.69. The van der Waals surface area contributed by atoms with Gasteiger partial charge in [-0.05, 0) is 85.4 Å². The van der Waals surface area contributed by atoms with Gasteiger partial charge in [0.15, 0.2) is 0 Å². The Morgan fingerprint density at radius 2 is 2.07 bits per heavy atom. The lowest BCUT2D eigenvalue weighted by Crippen LogP contribution is -2.51. The molecular formula is C32H41ClN2O7S. The molecule has 2 heterocycles. The summed E-state index contributed by atoms with van der Waals surface area (Å²) in [5.74, 6) is 0.413. The maximum atomic E-state index is 12.0. The molecule has 0 bridgehead atoms. The van der Waals surface area contributed by atoms with Crippen LogP contribution in [0.4, 0.5) is 5.69 Å². The van der Waals surface area contributed by atoms with Gasteiger partial charge in [0.05, 0.1) is 49.0 Å². The first kappa shape index (κ1) is 30.6. The zero-order valence-electron chi connectivity index (χ0n) is 24.5. The first-order chi connectivity index (χ1) is 20.5. The van der Waals surface area contributed by atoms with Gasteiger partial charge in [0.25, 0.3) is 0 Å². The van der Waals surface area contributed by atoms with E-state index in [-0.39, 0.29) is 41.5 Å². The molecule has 43 heavy (non-hydrogen) atoms. The Bertz CT molecular complexity index is 1470. The number of aromatic carboxylic acids is 1. The molecule has 2 aliphatic heterocycles. The number of sulfonamides is 1. The lowest BCUT2D eigenvalue weighted by molar-refractivity contribution is -0.139. The van der Waals surface area contributed by atoms with E-state index in [9.17, 15) is 18.3 Å². The summed E-state index contributed by atoms with van der Waals surface area (Å²) in [7, 11) is -3.57. The van der Waals surface area contributed by atoms with E-state index in [4.69, 9.17) is 31.0 Å². The number of hydrogen-bond acceptors (Lipinski definition) is 7.